The highest BCUT2D eigenvalue weighted by molar-refractivity contribution is 5.58. The Morgan fingerprint density at radius 2 is 2.00 bits per heavy atom. The molecule has 0 aliphatic heterocycles. The normalized spacial score (nSPS) is 11.8. The van der Waals surface area contributed by atoms with Crippen molar-refractivity contribution in [3.8, 4) is 0 Å². The van der Waals surface area contributed by atoms with E-state index in [0.717, 1.165) is 25.9 Å². The molecule has 0 saturated carbocycles. The van der Waals surface area contributed by atoms with E-state index in [1.165, 1.54) is 5.56 Å². The van der Waals surface area contributed by atoms with Gasteiger partial charge in [-0.15, -0.1) is 0 Å². The Balaban J connectivity index is 2.59. The molecular weight excluding hydrogens is 200 g/mol. The van der Waals surface area contributed by atoms with Gasteiger partial charge in [0, 0.05) is 30.9 Å². The van der Waals surface area contributed by atoms with Crippen LogP contribution in [0.4, 0.5) is 0 Å². The fourth-order valence-corrected chi connectivity index (χ4v) is 1.64. The summed E-state index contributed by atoms with van der Waals surface area (Å²) in [4.78, 5) is 17.2. The second kappa shape index (κ2) is 5.75. The van der Waals surface area contributed by atoms with Crippen LogP contribution in [-0.2, 0) is 11.3 Å². The molecule has 1 rings (SSSR count). The number of aldehydes is 1. The van der Waals surface area contributed by atoms with Gasteiger partial charge in [0.15, 0.2) is 0 Å². The van der Waals surface area contributed by atoms with E-state index in [1.807, 2.05) is 26.0 Å². The van der Waals surface area contributed by atoms with Crippen LogP contribution in [0.25, 0.3) is 0 Å². The molecule has 0 bridgehead atoms. The lowest BCUT2D eigenvalue weighted by molar-refractivity contribution is -0.115. The minimum Gasteiger partial charge on any atom is -0.303 e. The second-order valence-corrected chi connectivity index (χ2v) is 4.77. The Morgan fingerprint density at radius 3 is 2.50 bits per heavy atom. The lowest BCUT2D eigenvalue weighted by Gasteiger charge is -2.27. The Kier molecular flexibility index (Phi) is 4.62. The topological polar surface area (TPSA) is 33.2 Å². The minimum absolute atomic E-state index is 0.275. The van der Waals surface area contributed by atoms with Crippen LogP contribution in [0.15, 0.2) is 24.5 Å². The maximum atomic E-state index is 10.9. The number of rotatable bonds is 6. The highest BCUT2D eigenvalue weighted by Crippen LogP contribution is 2.15. The van der Waals surface area contributed by atoms with Gasteiger partial charge in [-0.3, -0.25) is 9.88 Å². The average molecular weight is 220 g/mol. The first kappa shape index (κ1) is 12.8. The lowest BCUT2D eigenvalue weighted by Crippen LogP contribution is -2.34. The molecule has 0 spiro atoms. The smallest absolute Gasteiger partial charge is 0.126 e. The van der Waals surface area contributed by atoms with Gasteiger partial charge in [-0.25, -0.2) is 0 Å². The van der Waals surface area contributed by atoms with E-state index in [-0.39, 0.29) is 5.41 Å². The van der Waals surface area contributed by atoms with Crippen LogP contribution in [0, 0.1) is 5.41 Å². The summed E-state index contributed by atoms with van der Waals surface area (Å²) in [5.41, 5.74) is 0.960. The van der Waals surface area contributed by atoms with E-state index in [2.05, 4.69) is 16.8 Å². The van der Waals surface area contributed by atoms with E-state index < -0.39 is 0 Å². The standard InChI is InChI=1S/C13H20N2O/c1-4-15(10-13(2,3)11-16)9-12-5-7-14-8-6-12/h5-8,11H,4,9-10H2,1-3H3. The zero-order chi connectivity index (χ0) is 12.0. The van der Waals surface area contributed by atoms with Crippen molar-refractivity contribution >= 4 is 6.29 Å². The Morgan fingerprint density at radius 1 is 1.38 bits per heavy atom. The molecule has 16 heavy (non-hydrogen) atoms. The molecule has 1 aromatic heterocycles. The number of pyridine rings is 1. The number of carbonyl (C=O) groups is 1. The number of hydrogen-bond acceptors (Lipinski definition) is 3. The van der Waals surface area contributed by atoms with Gasteiger partial charge in [0.25, 0.3) is 0 Å². The molecule has 0 radical (unpaired) electrons. The van der Waals surface area contributed by atoms with E-state index in [0.29, 0.717) is 0 Å². The van der Waals surface area contributed by atoms with Gasteiger partial charge in [0.1, 0.15) is 6.29 Å². The van der Waals surface area contributed by atoms with Crippen molar-refractivity contribution in [3.05, 3.63) is 30.1 Å². The monoisotopic (exact) mass is 220 g/mol. The van der Waals surface area contributed by atoms with Gasteiger partial charge < -0.3 is 4.79 Å². The molecule has 0 aliphatic rings. The van der Waals surface area contributed by atoms with Gasteiger partial charge in [0.05, 0.1) is 0 Å². The summed E-state index contributed by atoms with van der Waals surface area (Å²) in [7, 11) is 0. The maximum Gasteiger partial charge on any atom is 0.126 e. The zero-order valence-electron chi connectivity index (χ0n) is 10.3. The first-order valence-corrected chi connectivity index (χ1v) is 5.65. The molecule has 3 heteroatoms. The quantitative estimate of drug-likeness (QED) is 0.689. The highest BCUT2D eigenvalue weighted by Gasteiger charge is 2.20. The van der Waals surface area contributed by atoms with E-state index >= 15 is 0 Å². The fraction of sp³-hybridized carbons (Fsp3) is 0.538. The van der Waals surface area contributed by atoms with E-state index in [1.54, 1.807) is 12.4 Å². The third-order valence-corrected chi connectivity index (χ3v) is 2.55. The lowest BCUT2D eigenvalue weighted by atomic mass is 9.95. The van der Waals surface area contributed by atoms with Crippen molar-refractivity contribution in [2.45, 2.75) is 27.3 Å². The van der Waals surface area contributed by atoms with Crippen LogP contribution in [0.1, 0.15) is 26.3 Å². The van der Waals surface area contributed by atoms with Crippen molar-refractivity contribution in [3.63, 3.8) is 0 Å². The summed E-state index contributed by atoms with van der Waals surface area (Å²) in [6.07, 6.45) is 4.63. The Hall–Kier alpha value is -1.22. The molecule has 88 valence electrons. The average Bonchev–Trinajstić information content (AvgIpc) is 2.29. The molecule has 0 aliphatic carbocycles. The van der Waals surface area contributed by atoms with Crippen LogP contribution in [0.2, 0.25) is 0 Å². The van der Waals surface area contributed by atoms with Gasteiger partial charge in [-0.1, -0.05) is 20.8 Å². The van der Waals surface area contributed by atoms with Crippen molar-refractivity contribution in [1.82, 2.24) is 9.88 Å². The van der Waals surface area contributed by atoms with Gasteiger partial charge >= 0.3 is 0 Å². The van der Waals surface area contributed by atoms with Crippen LogP contribution in [0.3, 0.4) is 0 Å². The van der Waals surface area contributed by atoms with Crippen LogP contribution < -0.4 is 0 Å². The predicted octanol–water partition coefficient (Wildman–Crippen LogP) is 2.13. The molecule has 0 fully saturated rings. The number of carbonyl (C=O) groups excluding carboxylic acids is 1. The molecule has 0 atom stereocenters. The molecule has 1 heterocycles. The molecule has 0 N–H and O–H groups in total. The van der Waals surface area contributed by atoms with Gasteiger partial charge in [-0.05, 0) is 24.2 Å². The van der Waals surface area contributed by atoms with Crippen molar-refractivity contribution in [2.24, 2.45) is 5.41 Å². The molecule has 0 unspecified atom stereocenters. The molecular formula is C13H20N2O. The first-order chi connectivity index (χ1) is 7.57. The maximum absolute atomic E-state index is 10.9. The Labute approximate surface area is 97.5 Å². The van der Waals surface area contributed by atoms with Crippen LogP contribution >= 0.6 is 0 Å². The highest BCUT2D eigenvalue weighted by atomic mass is 16.1. The van der Waals surface area contributed by atoms with Crippen molar-refractivity contribution in [2.75, 3.05) is 13.1 Å². The summed E-state index contributed by atoms with van der Waals surface area (Å²) >= 11 is 0. The van der Waals surface area contributed by atoms with Crippen LogP contribution in [0.5, 0.6) is 0 Å². The summed E-state index contributed by atoms with van der Waals surface area (Å²) in [5, 5.41) is 0. The predicted molar refractivity (Wildman–Crippen MR) is 65.0 cm³/mol. The van der Waals surface area contributed by atoms with E-state index in [9.17, 15) is 4.79 Å². The number of hydrogen-bond donors (Lipinski definition) is 0. The molecule has 3 nitrogen and oxygen atoms in total. The third kappa shape index (κ3) is 4.11. The summed E-state index contributed by atoms with van der Waals surface area (Å²) in [5.74, 6) is 0. The molecule has 1 aromatic rings. The van der Waals surface area contributed by atoms with Crippen LogP contribution in [-0.4, -0.2) is 29.3 Å². The minimum atomic E-state index is -0.275. The molecule has 0 aromatic carbocycles. The fourth-order valence-electron chi connectivity index (χ4n) is 1.64. The number of nitrogens with zero attached hydrogens (tertiary/aromatic N) is 2. The summed E-state index contributed by atoms with van der Waals surface area (Å²) in [6, 6.07) is 4.02. The largest absolute Gasteiger partial charge is 0.303 e. The third-order valence-electron chi connectivity index (χ3n) is 2.55. The number of aromatic nitrogens is 1. The molecule has 0 saturated heterocycles. The van der Waals surface area contributed by atoms with Gasteiger partial charge in [0.2, 0.25) is 0 Å². The van der Waals surface area contributed by atoms with Gasteiger partial charge in [-0.2, -0.15) is 0 Å². The van der Waals surface area contributed by atoms with Crippen molar-refractivity contribution in [1.29, 1.82) is 0 Å². The van der Waals surface area contributed by atoms with E-state index in [4.69, 9.17) is 0 Å². The SMILES string of the molecule is CCN(Cc1ccncc1)CC(C)(C)C=O. The first-order valence-electron chi connectivity index (χ1n) is 5.65. The summed E-state index contributed by atoms with van der Waals surface area (Å²) in [6.45, 7) is 8.65. The summed E-state index contributed by atoms with van der Waals surface area (Å²) < 4.78 is 0. The van der Waals surface area contributed by atoms with Crippen molar-refractivity contribution < 1.29 is 4.79 Å². The molecule has 0 amide bonds. The second-order valence-electron chi connectivity index (χ2n) is 4.77. The zero-order valence-corrected chi connectivity index (χ0v) is 10.3. The Bertz CT molecular complexity index is 322.